The van der Waals surface area contributed by atoms with Crippen molar-refractivity contribution in [3.8, 4) is 0 Å². The van der Waals surface area contributed by atoms with Crippen LogP contribution >= 0.6 is 0 Å². The molecule has 0 aliphatic carbocycles. The molecule has 0 radical (unpaired) electrons. The molecule has 0 atom stereocenters. The van der Waals surface area contributed by atoms with E-state index < -0.39 is 10.0 Å². The third-order valence-electron chi connectivity index (χ3n) is 4.44. The van der Waals surface area contributed by atoms with Gasteiger partial charge in [0.2, 0.25) is 10.0 Å². The van der Waals surface area contributed by atoms with E-state index in [-0.39, 0.29) is 4.90 Å². The number of benzene rings is 1. The normalized spacial score (nSPS) is 12.4. The largest absolute Gasteiger partial charge is 0.361 e. The molecule has 0 aliphatic heterocycles. The van der Waals surface area contributed by atoms with Gasteiger partial charge in [-0.15, -0.1) is 0 Å². The first-order chi connectivity index (χ1) is 13.3. The predicted octanol–water partition coefficient (Wildman–Crippen LogP) is 1.91. The van der Waals surface area contributed by atoms with Gasteiger partial charge in [0.25, 0.3) is 0 Å². The van der Waals surface area contributed by atoms with Crippen LogP contribution < -0.4 is 10.6 Å². The van der Waals surface area contributed by atoms with E-state index in [4.69, 9.17) is 4.52 Å². The standard InChI is InChI=1S/C19H29N5O3S/c1-6-16-15(17(7-2)27-23-16)13-22-19(20-3)21-12-14-10-8-9-11-18(14)28(25,26)24(4)5/h8-11H,6-7,12-13H2,1-5H3,(H2,20,21,22). The molecule has 1 aromatic carbocycles. The van der Waals surface area contributed by atoms with Gasteiger partial charge in [0, 0.05) is 46.2 Å². The maximum absolute atomic E-state index is 12.5. The summed E-state index contributed by atoms with van der Waals surface area (Å²) >= 11 is 0. The van der Waals surface area contributed by atoms with E-state index in [1.807, 2.05) is 19.9 Å². The van der Waals surface area contributed by atoms with Crippen molar-refractivity contribution >= 4 is 16.0 Å². The number of aliphatic imine (C=N–C) groups is 1. The molecular weight excluding hydrogens is 378 g/mol. The van der Waals surface area contributed by atoms with E-state index >= 15 is 0 Å². The summed E-state index contributed by atoms with van der Waals surface area (Å²) in [6, 6.07) is 6.94. The highest BCUT2D eigenvalue weighted by Gasteiger charge is 2.20. The van der Waals surface area contributed by atoms with Crippen molar-refractivity contribution in [3.63, 3.8) is 0 Å². The molecule has 2 aromatic rings. The molecular formula is C19H29N5O3S. The van der Waals surface area contributed by atoms with Gasteiger partial charge in [-0.25, -0.2) is 12.7 Å². The first kappa shape index (κ1) is 21.9. The minimum Gasteiger partial charge on any atom is -0.361 e. The maximum atomic E-state index is 12.5. The smallest absolute Gasteiger partial charge is 0.242 e. The van der Waals surface area contributed by atoms with Gasteiger partial charge in [0.05, 0.1) is 10.6 Å². The highest BCUT2D eigenvalue weighted by molar-refractivity contribution is 7.89. The summed E-state index contributed by atoms with van der Waals surface area (Å²) in [5.74, 6) is 1.43. The van der Waals surface area contributed by atoms with Crippen LogP contribution in [0.25, 0.3) is 0 Å². The Labute approximate surface area is 167 Å². The van der Waals surface area contributed by atoms with Crippen LogP contribution in [0.1, 0.15) is 36.4 Å². The van der Waals surface area contributed by atoms with Crippen LogP contribution in [-0.4, -0.2) is 45.0 Å². The Morgan fingerprint density at radius 2 is 1.82 bits per heavy atom. The molecule has 1 aromatic heterocycles. The first-order valence-corrected chi connectivity index (χ1v) is 10.7. The molecule has 0 bridgehead atoms. The fraction of sp³-hybridized carbons (Fsp3) is 0.474. The number of sulfonamides is 1. The second-order valence-corrected chi connectivity index (χ2v) is 8.53. The number of hydrogen-bond donors (Lipinski definition) is 2. The summed E-state index contributed by atoms with van der Waals surface area (Å²) in [5, 5.41) is 10.5. The first-order valence-electron chi connectivity index (χ1n) is 9.26. The third kappa shape index (κ3) is 4.90. The molecule has 28 heavy (non-hydrogen) atoms. The lowest BCUT2D eigenvalue weighted by Crippen LogP contribution is -2.37. The molecule has 9 heteroatoms. The summed E-state index contributed by atoms with van der Waals surface area (Å²) in [4.78, 5) is 4.51. The van der Waals surface area contributed by atoms with Gasteiger partial charge in [0.1, 0.15) is 5.76 Å². The number of aromatic nitrogens is 1. The van der Waals surface area contributed by atoms with Crippen LogP contribution in [0.5, 0.6) is 0 Å². The number of nitrogens with zero attached hydrogens (tertiary/aromatic N) is 3. The topological polar surface area (TPSA) is 99.8 Å². The van der Waals surface area contributed by atoms with Gasteiger partial charge in [-0.2, -0.15) is 0 Å². The maximum Gasteiger partial charge on any atom is 0.242 e. The van der Waals surface area contributed by atoms with Gasteiger partial charge in [-0.1, -0.05) is 37.2 Å². The number of nitrogens with one attached hydrogen (secondary N) is 2. The predicted molar refractivity (Wildman–Crippen MR) is 110 cm³/mol. The van der Waals surface area contributed by atoms with Crippen molar-refractivity contribution in [3.05, 3.63) is 46.8 Å². The lowest BCUT2D eigenvalue weighted by Gasteiger charge is -2.17. The summed E-state index contributed by atoms with van der Waals surface area (Å²) < 4.78 is 31.6. The van der Waals surface area contributed by atoms with Gasteiger partial charge >= 0.3 is 0 Å². The van der Waals surface area contributed by atoms with Crippen molar-refractivity contribution in [1.29, 1.82) is 0 Å². The Morgan fingerprint density at radius 1 is 1.14 bits per heavy atom. The Hall–Kier alpha value is -2.39. The lowest BCUT2D eigenvalue weighted by atomic mass is 10.1. The van der Waals surface area contributed by atoms with Crippen LogP contribution in [0.15, 0.2) is 38.7 Å². The fourth-order valence-corrected chi connectivity index (χ4v) is 3.92. The van der Waals surface area contributed by atoms with Gasteiger partial charge in [0.15, 0.2) is 5.96 Å². The Morgan fingerprint density at radius 3 is 2.43 bits per heavy atom. The monoisotopic (exact) mass is 407 g/mol. The van der Waals surface area contributed by atoms with E-state index in [1.54, 1.807) is 25.2 Å². The minimum absolute atomic E-state index is 0.281. The second-order valence-electron chi connectivity index (χ2n) is 6.41. The van der Waals surface area contributed by atoms with Gasteiger partial charge in [-0.3, -0.25) is 4.99 Å². The number of guanidine groups is 1. The average molecular weight is 408 g/mol. The molecule has 0 fully saturated rings. The summed E-state index contributed by atoms with van der Waals surface area (Å²) in [6.07, 6.45) is 1.56. The molecule has 0 saturated carbocycles. The zero-order valence-corrected chi connectivity index (χ0v) is 17.9. The molecule has 8 nitrogen and oxygen atoms in total. The third-order valence-corrected chi connectivity index (χ3v) is 6.36. The van der Waals surface area contributed by atoms with Crippen molar-refractivity contribution < 1.29 is 12.9 Å². The van der Waals surface area contributed by atoms with Crippen molar-refractivity contribution in [1.82, 2.24) is 20.1 Å². The van der Waals surface area contributed by atoms with Crippen LogP contribution in [0, 0.1) is 0 Å². The Kier molecular flexibility index (Phi) is 7.59. The molecule has 2 rings (SSSR count). The Balaban J connectivity index is 2.10. The van der Waals surface area contributed by atoms with E-state index in [0.717, 1.165) is 29.9 Å². The molecule has 1 heterocycles. The molecule has 0 spiro atoms. The zero-order chi connectivity index (χ0) is 20.7. The van der Waals surface area contributed by atoms with Gasteiger partial charge < -0.3 is 15.2 Å². The van der Waals surface area contributed by atoms with Crippen LogP contribution in [-0.2, 0) is 36.0 Å². The molecule has 0 saturated heterocycles. The van der Waals surface area contributed by atoms with E-state index in [9.17, 15) is 8.42 Å². The van der Waals surface area contributed by atoms with E-state index in [2.05, 4.69) is 20.8 Å². The van der Waals surface area contributed by atoms with Gasteiger partial charge in [-0.05, 0) is 18.1 Å². The van der Waals surface area contributed by atoms with Crippen molar-refractivity contribution in [2.75, 3.05) is 21.1 Å². The van der Waals surface area contributed by atoms with Crippen molar-refractivity contribution in [2.45, 2.75) is 44.7 Å². The van der Waals surface area contributed by atoms with E-state index in [0.29, 0.717) is 24.6 Å². The minimum atomic E-state index is -3.52. The van der Waals surface area contributed by atoms with Crippen molar-refractivity contribution in [2.24, 2.45) is 4.99 Å². The highest BCUT2D eigenvalue weighted by Crippen LogP contribution is 2.18. The van der Waals surface area contributed by atoms with E-state index in [1.165, 1.54) is 18.4 Å². The fourth-order valence-electron chi connectivity index (χ4n) is 2.81. The molecule has 2 N–H and O–H groups in total. The molecule has 0 aliphatic rings. The van der Waals surface area contributed by atoms with Crippen LogP contribution in [0.4, 0.5) is 0 Å². The molecule has 0 amide bonds. The number of aryl methyl sites for hydroxylation is 2. The molecule has 0 unspecified atom stereocenters. The van der Waals surface area contributed by atoms with Crippen LogP contribution in [0.2, 0.25) is 0 Å². The summed E-state index contributed by atoms with van der Waals surface area (Å²) in [5.41, 5.74) is 2.65. The number of hydrogen-bond acceptors (Lipinski definition) is 5. The Bertz CT molecular complexity index is 898. The summed E-state index contributed by atoms with van der Waals surface area (Å²) in [6.45, 7) is 4.93. The zero-order valence-electron chi connectivity index (χ0n) is 17.1. The SMILES string of the molecule is CCc1noc(CC)c1CNC(=NC)NCc1ccccc1S(=O)(=O)N(C)C. The summed E-state index contributed by atoms with van der Waals surface area (Å²) in [7, 11) is 1.20. The quantitative estimate of drug-likeness (QED) is 0.512. The number of rotatable bonds is 8. The van der Waals surface area contributed by atoms with Crippen LogP contribution in [0.3, 0.4) is 0 Å². The second kappa shape index (κ2) is 9.70. The lowest BCUT2D eigenvalue weighted by molar-refractivity contribution is 0.380. The highest BCUT2D eigenvalue weighted by atomic mass is 32.2. The molecule has 154 valence electrons. The average Bonchev–Trinajstić information content (AvgIpc) is 3.10.